The zero-order chi connectivity index (χ0) is 10.7. The van der Waals surface area contributed by atoms with Crippen LogP contribution in [0, 0.1) is 0 Å². The molecule has 0 aliphatic carbocycles. The first-order valence-electron chi connectivity index (χ1n) is 5.16. The molecule has 1 saturated heterocycles. The van der Waals surface area contributed by atoms with Crippen LogP contribution in [0.1, 0.15) is 12.0 Å². The van der Waals surface area contributed by atoms with Crippen molar-refractivity contribution in [3.05, 3.63) is 24.0 Å². The third-order valence-electron chi connectivity index (χ3n) is 2.88. The van der Waals surface area contributed by atoms with Crippen LogP contribution in [-0.4, -0.2) is 36.4 Å². The maximum Gasteiger partial charge on any atom is 0.0762 e. The Morgan fingerprint density at radius 2 is 2.53 bits per heavy atom. The van der Waals surface area contributed by atoms with Crippen molar-refractivity contribution in [2.75, 3.05) is 25.1 Å². The number of ether oxygens (including phenoxy) is 1. The number of nitrogens with zero attached hydrogens (tertiary/aromatic N) is 2. The lowest BCUT2D eigenvalue weighted by molar-refractivity contribution is 0.121. The lowest BCUT2D eigenvalue weighted by Crippen LogP contribution is -2.23. The number of hydrogen-bond donors (Lipinski definition) is 1. The highest BCUT2D eigenvalue weighted by molar-refractivity contribution is 5.52. The molecule has 1 atom stereocenters. The topological polar surface area (TPSA) is 45.6 Å². The minimum absolute atomic E-state index is 0.0615. The highest BCUT2D eigenvalue weighted by atomic mass is 16.5. The smallest absolute Gasteiger partial charge is 0.0762 e. The average molecular weight is 208 g/mol. The summed E-state index contributed by atoms with van der Waals surface area (Å²) in [4.78, 5) is 6.31. The number of aliphatic hydroxyl groups is 1. The SMILES string of the molecule is COC1CCN(c2cnccc2CO)C1. The fourth-order valence-corrected chi connectivity index (χ4v) is 1.97. The molecule has 1 fully saturated rings. The number of aromatic nitrogens is 1. The Morgan fingerprint density at radius 1 is 1.67 bits per heavy atom. The summed E-state index contributed by atoms with van der Waals surface area (Å²) < 4.78 is 5.31. The Balaban J connectivity index is 2.16. The van der Waals surface area contributed by atoms with E-state index in [4.69, 9.17) is 4.74 Å². The first kappa shape index (κ1) is 10.4. The number of rotatable bonds is 3. The zero-order valence-electron chi connectivity index (χ0n) is 8.89. The van der Waals surface area contributed by atoms with Crippen LogP contribution in [0.15, 0.2) is 18.5 Å². The van der Waals surface area contributed by atoms with Crippen molar-refractivity contribution >= 4 is 5.69 Å². The maximum absolute atomic E-state index is 9.22. The molecular weight excluding hydrogens is 192 g/mol. The molecule has 0 radical (unpaired) electrons. The number of pyridine rings is 1. The highest BCUT2D eigenvalue weighted by Crippen LogP contribution is 2.24. The molecule has 4 nitrogen and oxygen atoms in total. The van der Waals surface area contributed by atoms with Crippen molar-refractivity contribution in [3.8, 4) is 0 Å². The normalized spacial score (nSPS) is 20.9. The molecule has 1 unspecified atom stereocenters. The molecule has 2 rings (SSSR count). The second kappa shape index (κ2) is 4.59. The second-order valence-corrected chi connectivity index (χ2v) is 3.75. The van der Waals surface area contributed by atoms with Crippen LogP contribution in [0.3, 0.4) is 0 Å². The molecule has 1 aromatic heterocycles. The Bertz CT molecular complexity index is 330. The molecule has 2 heterocycles. The van der Waals surface area contributed by atoms with E-state index < -0.39 is 0 Å². The maximum atomic E-state index is 9.22. The lowest BCUT2D eigenvalue weighted by atomic mass is 10.2. The quantitative estimate of drug-likeness (QED) is 0.798. The van der Waals surface area contributed by atoms with Gasteiger partial charge in [-0.3, -0.25) is 4.98 Å². The summed E-state index contributed by atoms with van der Waals surface area (Å²) in [5.41, 5.74) is 1.96. The van der Waals surface area contributed by atoms with Gasteiger partial charge in [-0.15, -0.1) is 0 Å². The molecule has 15 heavy (non-hydrogen) atoms. The number of anilines is 1. The van der Waals surface area contributed by atoms with Gasteiger partial charge in [0.2, 0.25) is 0 Å². The summed E-state index contributed by atoms with van der Waals surface area (Å²) in [6.07, 6.45) is 4.86. The van der Waals surface area contributed by atoms with E-state index in [1.807, 2.05) is 12.3 Å². The molecule has 0 saturated carbocycles. The summed E-state index contributed by atoms with van der Waals surface area (Å²) in [6.45, 7) is 1.92. The van der Waals surface area contributed by atoms with E-state index in [1.165, 1.54) is 0 Å². The third-order valence-corrected chi connectivity index (χ3v) is 2.88. The summed E-state index contributed by atoms with van der Waals surface area (Å²) in [5.74, 6) is 0. The van der Waals surface area contributed by atoms with Gasteiger partial charge in [0.25, 0.3) is 0 Å². The summed E-state index contributed by atoms with van der Waals surface area (Å²) in [6, 6.07) is 1.86. The van der Waals surface area contributed by atoms with Crippen LogP contribution in [0.4, 0.5) is 5.69 Å². The van der Waals surface area contributed by atoms with Crippen LogP contribution in [0.25, 0.3) is 0 Å². The summed E-state index contributed by atoms with van der Waals surface area (Å²) in [5, 5.41) is 9.22. The second-order valence-electron chi connectivity index (χ2n) is 3.75. The zero-order valence-corrected chi connectivity index (χ0v) is 8.89. The van der Waals surface area contributed by atoms with Crippen LogP contribution in [0.2, 0.25) is 0 Å². The van der Waals surface area contributed by atoms with Crippen molar-refractivity contribution in [3.63, 3.8) is 0 Å². The van der Waals surface area contributed by atoms with Crippen molar-refractivity contribution in [1.82, 2.24) is 4.98 Å². The van der Waals surface area contributed by atoms with Crippen LogP contribution >= 0.6 is 0 Å². The standard InChI is InChI=1S/C11H16N2O2/c1-15-10-3-5-13(7-10)11-6-12-4-2-9(11)8-14/h2,4,6,10,14H,3,5,7-8H2,1H3. The molecule has 4 heteroatoms. The molecule has 0 bridgehead atoms. The van der Waals surface area contributed by atoms with E-state index in [1.54, 1.807) is 13.3 Å². The fraction of sp³-hybridized carbons (Fsp3) is 0.545. The van der Waals surface area contributed by atoms with Gasteiger partial charge in [0.1, 0.15) is 0 Å². The van der Waals surface area contributed by atoms with Gasteiger partial charge in [-0.25, -0.2) is 0 Å². The van der Waals surface area contributed by atoms with Gasteiger partial charge in [0.05, 0.1) is 24.6 Å². The number of hydrogen-bond acceptors (Lipinski definition) is 4. The highest BCUT2D eigenvalue weighted by Gasteiger charge is 2.23. The number of methoxy groups -OCH3 is 1. The fourth-order valence-electron chi connectivity index (χ4n) is 1.97. The van der Waals surface area contributed by atoms with Gasteiger partial charge in [-0.2, -0.15) is 0 Å². The Labute approximate surface area is 89.5 Å². The molecular formula is C11H16N2O2. The molecule has 1 aliphatic heterocycles. The molecule has 1 N–H and O–H groups in total. The molecule has 1 aliphatic rings. The van der Waals surface area contributed by atoms with Gasteiger partial charge >= 0.3 is 0 Å². The van der Waals surface area contributed by atoms with Crippen LogP contribution in [-0.2, 0) is 11.3 Å². The number of aliphatic hydroxyl groups excluding tert-OH is 1. The van der Waals surface area contributed by atoms with Gasteiger partial charge in [-0.1, -0.05) is 0 Å². The summed E-state index contributed by atoms with van der Waals surface area (Å²) in [7, 11) is 1.74. The minimum atomic E-state index is 0.0615. The van der Waals surface area contributed by atoms with Crippen LogP contribution < -0.4 is 4.90 Å². The first-order valence-corrected chi connectivity index (χ1v) is 5.16. The van der Waals surface area contributed by atoms with Gasteiger partial charge in [-0.05, 0) is 12.5 Å². The van der Waals surface area contributed by atoms with Gasteiger partial charge in [0.15, 0.2) is 0 Å². The molecule has 82 valence electrons. The van der Waals surface area contributed by atoms with Crippen molar-refractivity contribution in [2.45, 2.75) is 19.1 Å². The largest absolute Gasteiger partial charge is 0.392 e. The predicted molar refractivity (Wildman–Crippen MR) is 57.8 cm³/mol. The van der Waals surface area contributed by atoms with E-state index in [0.29, 0.717) is 6.10 Å². The molecule has 0 spiro atoms. The van der Waals surface area contributed by atoms with E-state index in [-0.39, 0.29) is 6.61 Å². The Morgan fingerprint density at radius 3 is 3.20 bits per heavy atom. The first-order chi connectivity index (χ1) is 7.35. The van der Waals surface area contributed by atoms with Crippen molar-refractivity contribution < 1.29 is 9.84 Å². The van der Waals surface area contributed by atoms with Crippen LogP contribution in [0.5, 0.6) is 0 Å². The Kier molecular flexibility index (Phi) is 3.18. The summed E-state index contributed by atoms with van der Waals surface area (Å²) >= 11 is 0. The van der Waals surface area contributed by atoms with Gasteiger partial charge < -0.3 is 14.7 Å². The van der Waals surface area contributed by atoms with E-state index >= 15 is 0 Å². The third kappa shape index (κ3) is 2.11. The molecule has 1 aromatic rings. The molecule has 0 amide bonds. The minimum Gasteiger partial charge on any atom is -0.392 e. The van der Waals surface area contributed by atoms with E-state index in [2.05, 4.69) is 9.88 Å². The molecule has 0 aromatic carbocycles. The van der Waals surface area contributed by atoms with E-state index in [9.17, 15) is 5.11 Å². The van der Waals surface area contributed by atoms with Gasteiger partial charge in [0, 0.05) is 32.0 Å². The van der Waals surface area contributed by atoms with E-state index in [0.717, 1.165) is 30.8 Å². The predicted octanol–water partition coefficient (Wildman–Crippen LogP) is 0.799. The lowest BCUT2D eigenvalue weighted by Gasteiger charge is -2.20. The van der Waals surface area contributed by atoms with Crippen molar-refractivity contribution in [2.24, 2.45) is 0 Å². The average Bonchev–Trinajstić information content (AvgIpc) is 2.77. The van der Waals surface area contributed by atoms with Crippen molar-refractivity contribution in [1.29, 1.82) is 0 Å². The monoisotopic (exact) mass is 208 g/mol. The Hall–Kier alpha value is -1.13.